The zero-order valence-electron chi connectivity index (χ0n) is 20.9. The number of aromatic nitrogens is 1. The largest absolute Gasteiger partial charge is 0.333 e. The summed E-state index contributed by atoms with van der Waals surface area (Å²) in [6.45, 7) is 8.92. The van der Waals surface area contributed by atoms with Crippen molar-refractivity contribution >= 4 is 29.1 Å². The summed E-state index contributed by atoms with van der Waals surface area (Å²) >= 11 is 6.08. The predicted molar refractivity (Wildman–Crippen MR) is 142 cm³/mol. The second-order valence-corrected chi connectivity index (χ2v) is 11.0. The lowest BCUT2D eigenvalue weighted by Crippen LogP contribution is -2.55. The maximum atomic E-state index is 13.7. The number of hydrogen-bond donors (Lipinski definition) is 1. The van der Waals surface area contributed by atoms with Gasteiger partial charge < -0.3 is 10.2 Å². The molecular formula is C29H34ClN3O2. The summed E-state index contributed by atoms with van der Waals surface area (Å²) in [5, 5.41) is 3.66. The van der Waals surface area contributed by atoms with Gasteiger partial charge in [0.1, 0.15) is 5.69 Å². The minimum Gasteiger partial charge on any atom is -0.333 e. The second kappa shape index (κ2) is 10.4. The summed E-state index contributed by atoms with van der Waals surface area (Å²) in [5.41, 5.74) is 3.08. The van der Waals surface area contributed by atoms with Gasteiger partial charge in [0, 0.05) is 24.3 Å². The van der Waals surface area contributed by atoms with Crippen LogP contribution < -0.4 is 5.32 Å². The van der Waals surface area contributed by atoms with Gasteiger partial charge in [0.15, 0.2) is 0 Å². The van der Waals surface area contributed by atoms with Crippen LogP contribution in [0.1, 0.15) is 61.6 Å². The number of anilines is 1. The molecule has 4 rings (SSSR count). The summed E-state index contributed by atoms with van der Waals surface area (Å²) in [6.07, 6.45) is 12.1. The van der Waals surface area contributed by atoms with E-state index in [2.05, 4.69) is 49.3 Å². The first-order chi connectivity index (χ1) is 16.6. The molecule has 1 aromatic heterocycles. The molecule has 1 saturated heterocycles. The number of benzene rings is 1. The number of aryl methyl sites for hydroxylation is 1. The van der Waals surface area contributed by atoms with E-state index in [1.807, 2.05) is 42.2 Å². The van der Waals surface area contributed by atoms with Crippen LogP contribution in [-0.4, -0.2) is 34.3 Å². The van der Waals surface area contributed by atoms with Gasteiger partial charge in [-0.1, -0.05) is 68.8 Å². The smallest absolute Gasteiger partial charge is 0.273 e. The third-order valence-electron chi connectivity index (χ3n) is 6.98. The van der Waals surface area contributed by atoms with E-state index in [1.165, 1.54) is 6.20 Å². The number of pyridine rings is 1. The van der Waals surface area contributed by atoms with Crippen LogP contribution in [0.4, 0.5) is 5.69 Å². The number of nitrogens with zero attached hydrogens (tertiary/aromatic N) is 2. The second-order valence-electron chi connectivity index (χ2n) is 10.6. The van der Waals surface area contributed by atoms with Crippen molar-refractivity contribution in [2.45, 2.75) is 58.4 Å². The van der Waals surface area contributed by atoms with Crippen LogP contribution in [-0.2, 0) is 10.2 Å². The number of hydrogen-bond acceptors (Lipinski definition) is 3. The number of carbonyl (C=O) groups is 2. The molecule has 1 N–H and O–H groups in total. The molecule has 1 fully saturated rings. The number of carbonyl (C=O) groups excluding carboxylic acids is 2. The van der Waals surface area contributed by atoms with Crippen LogP contribution in [0.5, 0.6) is 0 Å². The molecule has 1 aliphatic carbocycles. The topological polar surface area (TPSA) is 62.3 Å². The van der Waals surface area contributed by atoms with Crippen LogP contribution in [0.25, 0.3) is 0 Å². The Morgan fingerprint density at radius 3 is 2.66 bits per heavy atom. The maximum Gasteiger partial charge on any atom is 0.273 e. The van der Waals surface area contributed by atoms with Crippen molar-refractivity contribution in [1.29, 1.82) is 0 Å². The van der Waals surface area contributed by atoms with Crippen molar-refractivity contribution in [1.82, 2.24) is 9.88 Å². The molecule has 184 valence electrons. The number of amides is 2. The molecule has 35 heavy (non-hydrogen) atoms. The lowest BCUT2D eigenvalue weighted by Gasteiger charge is -2.44. The van der Waals surface area contributed by atoms with Crippen molar-refractivity contribution in [2.24, 2.45) is 11.8 Å². The standard InChI is InChI=1S/C29H34ClN3O2/c1-19-16-22(30)18-31-25(19)28(35)33-15-9-14-24(26(33)20-10-6-5-7-11-20)27(34)32-23-13-8-12-21(17-23)29(2,3)4/h5-8,10,12-13,16-18,20,24,26H,9,11,14-15H2,1-4H3,(H,32,34)/t20-,24?,26?/m1/s1. The molecule has 0 bridgehead atoms. The molecule has 2 aromatic rings. The first kappa shape index (κ1) is 25.2. The lowest BCUT2D eigenvalue weighted by molar-refractivity contribution is -0.123. The Bertz CT molecular complexity index is 1160. The number of halogens is 1. The molecular weight excluding hydrogens is 458 g/mol. The Morgan fingerprint density at radius 1 is 1.17 bits per heavy atom. The Balaban J connectivity index is 1.64. The number of nitrogens with one attached hydrogen (secondary N) is 1. The summed E-state index contributed by atoms with van der Waals surface area (Å²) in [4.78, 5) is 33.6. The SMILES string of the molecule is Cc1cc(Cl)cnc1C(=O)N1CCCC(C(=O)Nc2cccc(C(C)(C)C)c2)C1[C@@H]1C=CC=CC1. The first-order valence-corrected chi connectivity index (χ1v) is 12.7. The first-order valence-electron chi connectivity index (χ1n) is 12.3. The van der Waals surface area contributed by atoms with E-state index in [0.29, 0.717) is 17.3 Å². The minimum atomic E-state index is -0.320. The van der Waals surface area contributed by atoms with Crippen LogP contribution in [0.15, 0.2) is 60.8 Å². The van der Waals surface area contributed by atoms with E-state index in [-0.39, 0.29) is 35.1 Å². The highest BCUT2D eigenvalue weighted by Gasteiger charge is 2.42. The molecule has 1 aromatic carbocycles. The molecule has 2 aliphatic rings. The van der Waals surface area contributed by atoms with E-state index in [4.69, 9.17) is 11.6 Å². The normalized spacial score (nSPS) is 22.2. The van der Waals surface area contributed by atoms with Crippen molar-refractivity contribution in [3.05, 3.63) is 82.7 Å². The van der Waals surface area contributed by atoms with Gasteiger partial charge in [-0.2, -0.15) is 0 Å². The fraction of sp³-hybridized carbons (Fsp3) is 0.414. The summed E-state index contributed by atoms with van der Waals surface area (Å²) in [6, 6.07) is 9.55. The van der Waals surface area contributed by atoms with Crippen LogP contribution in [0, 0.1) is 18.8 Å². The Morgan fingerprint density at radius 2 is 1.97 bits per heavy atom. The monoisotopic (exact) mass is 491 g/mol. The van der Waals surface area contributed by atoms with E-state index in [9.17, 15) is 9.59 Å². The van der Waals surface area contributed by atoms with Gasteiger partial charge in [0.25, 0.3) is 5.91 Å². The van der Waals surface area contributed by atoms with Gasteiger partial charge in [-0.3, -0.25) is 9.59 Å². The van der Waals surface area contributed by atoms with Gasteiger partial charge in [-0.15, -0.1) is 0 Å². The molecule has 3 atom stereocenters. The molecule has 2 heterocycles. The highest BCUT2D eigenvalue weighted by molar-refractivity contribution is 6.30. The quantitative estimate of drug-likeness (QED) is 0.543. The summed E-state index contributed by atoms with van der Waals surface area (Å²) < 4.78 is 0. The Labute approximate surface area is 213 Å². The molecule has 5 nitrogen and oxygen atoms in total. The molecule has 0 radical (unpaired) electrons. The zero-order valence-corrected chi connectivity index (χ0v) is 21.7. The van der Waals surface area contributed by atoms with Gasteiger partial charge in [-0.25, -0.2) is 4.98 Å². The zero-order chi connectivity index (χ0) is 25.2. The minimum absolute atomic E-state index is 0.0139. The molecule has 6 heteroatoms. The molecule has 0 saturated carbocycles. The average molecular weight is 492 g/mol. The van der Waals surface area contributed by atoms with Gasteiger partial charge >= 0.3 is 0 Å². The molecule has 0 spiro atoms. The molecule has 2 amide bonds. The highest BCUT2D eigenvalue weighted by atomic mass is 35.5. The predicted octanol–water partition coefficient (Wildman–Crippen LogP) is 6.33. The Hall–Kier alpha value is -2.92. The van der Waals surface area contributed by atoms with E-state index < -0.39 is 0 Å². The van der Waals surface area contributed by atoms with E-state index >= 15 is 0 Å². The van der Waals surface area contributed by atoms with Crippen LogP contribution in [0.2, 0.25) is 5.02 Å². The van der Waals surface area contributed by atoms with Crippen LogP contribution in [0.3, 0.4) is 0 Å². The summed E-state index contributed by atoms with van der Waals surface area (Å²) in [7, 11) is 0. The van der Waals surface area contributed by atoms with Crippen LogP contribution >= 0.6 is 11.6 Å². The summed E-state index contributed by atoms with van der Waals surface area (Å²) in [5.74, 6) is -0.435. The van der Waals surface area contributed by atoms with E-state index in [1.54, 1.807) is 6.07 Å². The number of allylic oxidation sites excluding steroid dienone is 3. The fourth-order valence-electron chi connectivity index (χ4n) is 5.12. The van der Waals surface area contributed by atoms with Gasteiger partial charge in [0.2, 0.25) is 5.91 Å². The van der Waals surface area contributed by atoms with Gasteiger partial charge in [0.05, 0.1) is 17.0 Å². The Kier molecular flexibility index (Phi) is 7.46. The molecule has 2 unspecified atom stereocenters. The highest BCUT2D eigenvalue weighted by Crippen LogP contribution is 2.35. The number of rotatable bonds is 4. The fourth-order valence-corrected chi connectivity index (χ4v) is 5.34. The lowest BCUT2D eigenvalue weighted by atomic mass is 9.77. The maximum absolute atomic E-state index is 13.7. The molecule has 1 aliphatic heterocycles. The van der Waals surface area contributed by atoms with E-state index in [0.717, 1.165) is 36.1 Å². The van der Waals surface area contributed by atoms with Crippen molar-refractivity contribution in [3.8, 4) is 0 Å². The van der Waals surface area contributed by atoms with Crippen molar-refractivity contribution in [3.63, 3.8) is 0 Å². The van der Waals surface area contributed by atoms with Crippen molar-refractivity contribution in [2.75, 3.05) is 11.9 Å². The number of likely N-dealkylation sites (tertiary alicyclic amines) is 1. The third-order valence-corrected chi connectivity index (χ3v) is 7.19. The average Bonchev–Trinajstić information content (AvgIpc) is 2.83. The number of piperidine rings is 1. The van der Waals surface area contributed by atoms with Crippen molar-refractivity contribution < 1.29 is 9.59 Å². The van der Waals surface area contributed by atoms with Gasteiger partial charge in [-0.05, 0) is 60.9 Å². The third kappa shape index (κ3) is 5.67.